The Morgan fingerprint density at radius 3 is 2.88 bits per heavy atom. The van der Waals surface area contributed by atoms with E-state index in [4.69, 9.17) is 5.11 Å². The van der Waals surface area contributed by atoms with E-state index >= 15 is 0 Å². The highest BCUT2D eigenvalue weighted by atomic mass is 16.4. The summed E-state index contributed by atoms with van der Waals surface area (Å²) in [4.78, 5) is 30.2. The van der Waals surface area contributed by atoms with Crippen LogP contribution in [0.25, 0.3) is 0 Å². The average molecular weight is 235 g/mol. The predicted octanol–water partition coefficient (Wildman–Crippen LogP) is 0.122. The highest BCUT2D eigenvalue weighted by Crippen LogP contribution is 2.38. The van der Waals surface area contributed by atoms with Crippen molar-refractivity contribution in [2.75, 3.05) is 0 Å². The minimum Gasteiger partial charge on any atom is -0.481 e. The van der Waals surface area contributed by atoms with Crippen molar-refractivity contribution >= 4 is 11.9 Å². The van der Waals surface area contributed by atoms with Gasteiger partial charge in [0.25, 0.3) is 0 Å². The molecule has 1 aromatic heterocycles. The van der Waals surface area contributed by atoms with Crippen LogP contribution < -0.4 is 5.32 Å². The SMILES string of the molecule is Cc1nccc(CNC(=O)[C@@H]2C[C@@H]2C(=O)O)n1. The molecule has 0 unspecified atom stereocenters. The van der Waals surface area contributed by atoms with Gasteiger partial charge in [0.1, 0.15) is 5.82 Å². The fraction of sp³-hybridized carbons (Fsp3) is 0.455. The number of carbonyl (C=O) groups is 2. The number of hydrogen-bond acceptors (Lipinski definition) is 4. The van der Waals surface area contributed by atoms with E-state index in [2.05, 4.69) is 15.3 Å². The Labute approximate surface area is 98.1 Å². The summed E-state index contributed by atoms with van der Waals surface area (Å²) in [5.74, 6) is -1.36. The Kier molecular flexibility index (Phi) is 3.03. The van der Waals surface area contributed by atoms with E-state index in [0.717, 1.165) is 5.69 Å². The largest absolute Gasteiger partial charge is 0.481 e. The highest BCUT2D eigenvalue weighted by Gasteiger charge is 2.48. The number of aliphatic carboxylic acids is 1. The van der Waals surface area contributed by atoms with Crippen molar-refractivity contribution in [1.29, 1.82) is 0 Å². The Morgan fingerprint density at radius 1 is 1.53 bits per heavy atom. The molecule has 1 aliphatic rings. The predicted molar refractivity (Wildman–Crippen MR) is 57.8 cm³/mol. The molecule has 17 heavy (non-hydrogen) atoms. The molecule has 1 aliphatic carbocycles. The molecular weight excluding hydrogens is 222 g/mol. The number of hydrogen-bond donors (Lipinski definition) is 2. The first kappa shape index (κ1) is 11.5. The summed E-state index contributed by atoms with van der Waals surface area (Å²) in [6, 6.07) is 1.72. The van der Waals surface area contributed by atoms with Crippen LogP contribution in [0.4, 0.5) is 0 Å². The van der Waals surface area contributed by atoms with E-state index in [1.165, 1.54) is 0 Å². The second-order valence-corrected chi connectivity index (χ2v) is 4.10. The van der Waals surface area contributed by atoms with Gasteiger partial charge in [-0.2, -0.15) is 0 Å². The minimum atomic E-state index is -0.900. The number of nitrogens with zero attached hydrogens (tertiary/aromatic N) is 2. The summed E-state index contributed by atoms with van der Waals surface area (Å²) in [7, 11) is 0. The first-order valence-electron chi connectivity index (χ1n) is 5.37. The molecule has 0 bridgehead atoms. The van der Waals surface area contributed by atoms with Gasteiger partial charge in [-0.1, -0.05) is 0 Å². The molecule has 1 amide bonds. The van der Waals surface area contributed by atoms with Crippen LogP contribution in [0.3, 0.4) is 0 Å². The van der Waals surface area contributed by atoms with Crippen LogP contribution in [0.2, 0.25) is 0 Å². The molecule has 0 aromatic carbocycles. The second kappa shape index (κ2) is 4.48. The topological polar surface area (TPSA) is 92.2 Å². The van der Waals surface area contributed by atoms with E-state index in [-0.39, 0.29) is 11.8 Å². The van der Waals surface area contributed by atoms with Crippen molar-refractivity contribution in [3.63, 3.8) is 0 Å². The summed E-state index contributed by atoms with van der Waals surface area (Å²) in [5.41, 5.74) is 0.721. The van der Waals surface area contributed by atoms with Gasteiger partial charge in [-0.05, 0) is 19.4 Å². The third-order valence-electron chi connectivity index (χ3n) is 2.72. The quantitative estimate of drug-likeness (QED) is 0.773. The molecule has 1 heterocycles. The van der Waals surface area contributed by atoms with Crippen LogP contribution in [-0.4, -0.2) is 27.0 Å². The third-order valence-corrected chi connectivity index (χ3v) is 2.72. The van der Waals surface area contributed by atoms with Crippen LogP contribution in [-0.2, 0) is 16.1 Å². The fourth-order valence-electron chi connectivity index (χ4n) is 1.67. The lowest BCUT2D eigenvalue weighted by atomic mass is 10.3. The van der Waals surface area contributed by atoms with Gasteiger partial charge < -0.3 is 10.4 Å². The molecule has 1 saturated carbocycles. The molecule has 2 rings (SSSR count). The molecule has 6 heteroatoms. The molecule has 1 fully saturated rings. The van der Waals surface area contributed by atoms with Gasteiger partial charge in [-0.3, -0.25) is 9.59 Å². The molecule has 1 aromatic rings. The minimum absolute atomic E-state index is 0.214. The maximum absolute atomic E-state index is 11.6. The summed E-state index contributed by atoms with van der Waals surface area (Å²) >= 11 is 0. The van der Waals surface area contributed by atoms with Gasteiger partial charge in [-0.15, -0.1) is 0 Å². The Balaban J connectivity index is 1.83. The zero-order valence-corrected chi connectivity index (χ0v) is 9.38. The molecule has 0 radical (unpaired) electrons. The standard InChI is InChI=1S/C11H13N3O3/c1-6-12-3-2-7(14-6)5-13-10(15)8-4-9(8)11(16)17/h2-3,8-9H,4-5H2,1H3,(H,13,15)(H,16,17)/t8-,9+/m1/s1. The molecule has 0 aliphatic heterocycles. The van der Waals surface area contributed by atoms with E-state index < -0.39 is 11.9 Å². The average Bonchev–Trinajstić information content (AvgIpc) is 3.06. The molecule has 6 nitrogen and oxygen atoms in total. The monoisotopic (exact) mass is 235 g/mol. The van der Waals surface area contributed by atoms with E-state index in [1.54, 1.807) is 19.2 Å². The number of nitrogens with one attached hydrogen (secondary N) is 1. The maximum atomic E-state index is 11.6. The molecule has 0 spiro atoms. The lowest BCUT2D eigenvalue weighted by molar-refractivity contribution is -0.140. The van der Waals surface area contributed by atoms with Crippen LogP contribution in [0.1, 0.15) is 17.9 Å². The molecule has 2 atom stereocenters. The maximum Gasteiger partial charge on any atom is 0.307 e. The van der Waals surface area contributed by atoms with E-state index in [9.17, 15) is 9.59 Å². The number of aryl methyl sites for hydroxylation is 1. The van der Waals surface area contributed by atoms with Crippen molar-refractivity contribution in [3.8, 4) is 0 Å². The number of carbonyl (C=O) groups excluding carboxylic acids is 1. The van der Waals surface area contributed by atoms with Crippen LogP contribution in [0.5, 0.6) is 0 Å². The van der Waals surface area contributed by atoms with Gasteiger partial charge in [0.15, 0.2) is 0 Å². The van der Waals surface area contributed by atoms with Gasteiger partial charge in [-0.25, -0.2) is 9.97 Å². The van der Waals surface area contributed by atoms with Crippen LogP contribution in [0, 0.1) is 18.8 Å². The van der Waals surface area contributed by atoms with Gasteiger partial charge >= 0.3 is 5.97 Å². The Morgan fingerprint density at radius 2 is 2.29 bits per heavy atom. The van der Waals surface area contributed by atoms with E-state index in [1.807, 2.05) is 0 Å². The number of amides is 1. The molecular formula is C11H13N3O3. The first-order valence-corrected chi connectivity index (χ1v) is 5.37. The molecule has 0 saturated heterocycles. The van der Waals surface area contributed by atoms with Crippen LogP contribution >= 0.6 is 0 Å². The summed E-state index contributed by atoms with van der Waals surface area (Å²) < 4.78 is 0. The molecule has 2 N–H and O–H groups in total. The summed E-state index contributed by atoms with van der Waals surface area (Å²) in [5, 5.41) is 11.4. The summed E-state index contributed by atoms with van der Waals surface area (Å²) in [6.07, 6.45) is 2.06. The van der Waals surface area contributed by atoms with E-state index in [0.29, 0.717) is 18.8 Å². The number of carboxylic acid groups (broad SMARTS) is 1. The Bertz CT molecular complexity index is 461. The first-order chi connectivity index (χ1) is 8.08. The number of aromatic nitrogens is 2. The van der Waals surface area contributed by atoms with Crippen molar-refractivity contribution in [2.45, 2.75) is 19.9 Å². The number of carboxylic acids is 1. The smallest absolute Gasteiger partial charge is 0.307 e. The van der Waals surface area contributed by atoms with Crippen molar-refractivity contribution in [3.05, 3.63) is 23.8 Å². The van der Waals surface area contributed by atoms with Gasteiger partial charge in [0, 0.05) is 6.20 Å². The lowest BCUT2D eigenvalue weighted by Gasteiger charge is -2.04. The third kappa shape index (κ3) is 2.77. The fourth-order valence-corrected chi connectivity index (χ4v) is 1.67. The van der Waals surface area contributed by atoms with Gasteiger partial charge in [0.05, 0.1) is 24.1 Å². The van der Waals surface area contributed by atoms with Crippen molar-refractivity contribution < 1.29 is 14.7 Å². The van der Waals surface area contributed by atoms with Crippen molar-refractivity contribution in [1.82, 2.24) is 15.3 Å². The Hall–Kier alpha value is -1.98. The summed E-state index contributed by atoms with van der Waals surface area (Å²) in [6.45, 7) is 2.08. The number of rotatable bonds is 4. The van der Waals surface area contributed by atoms with Crippen LogP contribution in [0.15, 0.2) is 12.3 Å². The normalized spacial score (nSPS) is 21.9. The lowest BCUT2D eigenvalue weighted by Crippen LogP contribution is -2.26. The van der Waals surface area contributed by atoms with Crippen molar-refractivity contribution in [2.24, 2.45) is 11.8 Å². The highest BCUT2D eigenvalue weighted by molar-refractivity contribution is 5.89. The van der Waals surface area contributed by atoms with Gasteiger partial charge in [0.2, 0.25) is 5.91 Å². The zero-order valence-electron chi connectivity index (χ0n) is 9.38. The molecule has 90 valence electrons. The second-order valence-electron chi connectivity index (χ2n) is 4.10. The zero-order chi connectivity index (χ0) is 12.4.